The summed E-state index contributed by atoms with van der Waals surface area (Å²) in [7, 11) is -3.81. The number of aromatic carboxylic acids is 1. The number of carboxylic acids is 1. The van der Waals surface area contributed by atoms with Crippen molar-refractivity contribution in [3.8, 4) is 0 Å². The van der Waals surface area contributed by atoms with Crippen molar-refractivity contribution in [1.29, 1.82) is 0 Å². The molecule has 0 aliphatic carbocycles. The quantitative estimate of drug-likeness (QED) is 0.457. The molecule has 1 fully saturated rings. The van der Waals surface area contributed by atoms with Crippen molar-refractivity contribution in [3.05, 3.63) is 59.7 Å². The summed E-state index contributed by atoms with van der Waals surface area (Å²) in [5.41, 5.74) is 1.85. The van der Waals surface area contributed by atoms with Gasteiger partial charge in [0.05, 0.1) is 16.0 Å². The molecule has 2 heterocycles. The van der Waals surface area contributed by atoms with Gasteiger partial charge in [0.25, 0.3) is 10.0 Å². The molecule has 4 rings (SSSR count). The molecule has 2 aromatic carbocycles. The van der Waals surface area contributed by atoms with Crippen molar-refractivity contribution < 1.29 is 18.3 Å². The zero-order valence-corrected chi connectivity index (χ0v) is 22.0. The molecule has 0 saturated carbocycles. The standard InChI is InChI=1S/C27H34N4O4S/c1-18(2)15-20(4)30-11-13-31(14-12-30)26-17-24(27(32)33)23-16-21(7-10-25(23)28-26)29-36(34,35)22-8-5-19(3)6-9-22/h5-10,16-18,20,29H,11-15H2,1-4H3,(H,32,33)/t20-/m1/s1. The number of piperazine rings is 1. The molecular weight excluding hydrogens is 476 g/mol. The second kappa shape index (κ2) is 10.4. The number of carbonyl (C=O) groups is 1. The van der Waals surface area contributed by atoms with E-state index in [1.165, 1.54) is 6.07 Å². The zero-order valence-electron chi connectivity index (χ0n) is 21.2. The average molecular weight is 511 g/mol. The van der Waals surface area contributed by atoms with Crippen molar-refractivity contribution in [1.82, 2.24) is 9.88 Å². The molecule has 36 heavy (non-hydrogen) atoms. The summed E-state index contributed by atoms with van der Waals surface area (Å²) in [4.78, 5) is 21.6. The molecule has 1 saturated heterocycles. The molecule has 1 atom stereocenters. The van der Waals surface area contributed by atoms with Gasteiger partial charge in [0.2, 0.25) is 0 Å². The van der Waals surface area contributed by atoms with Crippen LogP contribution in [0.15, 0.2) is 53.4 Å². The Balaban J connectivity index is 1.58. The minimum absolute atomic E-state index is 0.0991. The Morgan fingerprint density at radius 1 is 1.03 bits per heavy atom. The Hall–Kier alpha value is -3.17. The molecule has 0 unspecified atom stereocenters. The number of hydrogen-bond acceptors (Lipinski definition) is 6. The first-order valence-corrected chi connectivity index (χ1v) is 13.8. The van der Waals surface area contributed by atoms with Gasteiger partial charge in [-0.3, -0.25) is 9.62 Å². The molecule has 0 radical (unpaired) electrons. The normalized spacial score (nSPS) is 15.9. The predicted molar refractivity (Wildman–Crippen MR) is 143 cm³/mol. The van der Waals surface area contributed by atoms with E-state index in [0.29, 0.717) is 28.7 Å². The molecule has 9 heteroatoms. The number of anilines is 2. The summed E-state index contributed by atoms with van der Waals surface area (Å²) in [5.74, 6) is 0.194. The summed E-state index contributed by atoms with van der Waals surface area (Å²) in [6.45, 7) is 12.0. The first kappa shape index (κ1) is 25.9. The Morgan fingerprint density at radius 3 is 2.31 bits per heavy atom. The number of sulfonamides is 1. The first-order valence-electron chi connectivity index (χ1n) is 12.3. The van der Waals surface area contributed by atoms with Gasteiger partial charge in [0, 0.05) is 43.3 Å². The lowest BCUT2D eigenvalue weighted by Crippen LogP contribution is -2.50. The number of benzene rings is 2. The molecule has 1 aliphatic heterocycles. The first-order chi connectivity index (χ1) is 17.0. The highest BCUT2D eigenvalue weighted by atomic mass is 32.2. The third kappa shape index (κ3) is 5.79. The molecule has 192 valence electrons. The highest BCUT2D eigenvalue weighted by Crippen LogP contribution is 2.28. The topological polar surface area (TPSA) is 103 Å². The van der Waals surface area contributed by atoms with Gasteiger partial charge in [-0.25, -0.2) is 18.2 Å². The average Bonchev–Trinajstić information content (AvgIpc) is 2.83. The van der Waals surface area contributed by atoms with Crippen molar-refractivity contribution in [2.24, 2.45) is 5.92 Å². The molecule has 0 bridgehead atoms. The monoisotopic (exact) mass is 510 g/mol. The Kier molecular flexibility index (Phi) is 7.51. The van der Waals surface area contributed by atoms with Crippen molar-refractivity contribution in [2.45, 2.75) is 45.1 Å². The Labute approximate surface area is 213 Å². The molecule has 3 aromatic rings. The van der Waals surface area contributed by atoms with Crippen LogP contribution in [0.4, 0.5) is 11.5 Å². The maximum absolute atomic E-state index is 12.8. The summed E-state index contributed by atoms with van der Waals surface area (Å²) < 4.78 is 28.2. The van der Waals surface area contributed by atoms with Gasteiger partial charge in [-0.1, -0.05) is 31.5 Å². The number of pyridine rings is 1. The fourth-order valence-corrected chi connectivity index (χ4v) is 5.82. The van der Waals surface area contributed by atoms with E-state index in [2.05, 4.69) is 35.3 Å². The van der Waals surface area contributed by atoms with E-state index >= 15 is 0 Å². The summed E-state index contributed by atoms with van der Waals surface area (Å²) >= 11 is 0. The SMILES string of the molecule is Cc1ccc(S(=O)(=O)Nc2ccc3nc(N4CCN([C@H](C)CC(C)C)CC4)cc(C(=O)O)c3c2)cc1. The van der Waals surface area contributed by atoms with Crippen LogP contribution in [0.3, 0.4) is 0 Å². The smallest absolute Gasteiger partial charge is 0.336 e. The van der Waals surface area contributed by atoms with Gasteiger partial charge in [-0.2, -0.15) is 0 Å². The number of carboxylic acid groups (broad SMARTS) is 1. The summed E-state index contributed by atoms with van der Waals surface area (Å²) in [6, 6.07) is 13.5. The molecule has 0 spiro atoms. The minimum Gasteiger partial charge on any atom is -0.478 e. The Morgan fingerprint density at radius 2 is 1.69 bits per heavy atom. The number of nitrogens with one attached hydrogen (secondary N) is 1. The van der Waals surface area contributed by atoms with Crippen molar-refractivity contribution in [3.63, 3.8) is 0 Å². The summed E-state index contributed by atoms with van der Waals surface area (Å²) in [6.07, 6.45) is 1.15. The molecule has 0 amide bonds. The van der Waals surface area contributed by atoms with E-state index in [1.807, 2.05) is 6.92 Å². The molecule has 1 aliphatic rings. The van der Waals surface area contributed by atoms with Crippen LogP contribution in [-0.2, 0) is 10.0 Å². The highest BCUT2D eigenvalue weighted by molar-refractivity contribution is 7.92. The maximum atomic E-state index is 12.8. The zero-order chi connectivity index (χ0) is 26.0. The predicted octanol–water partition coefficient (Wildman–Crippen LogP) is 4.60. The lowest BCUT2D eigenvalue weighted by atomic mass is 10.0. The van der Waals surface area contributed by atoms with Gasteiger partial charge in [0.1, 0.15) is 5.82 Å². The van der Waals surface area contributed by atoms with E-state index in [9.17, 15) is 18.3 Å². The van der Waals surface area contributed by atoms with Crippen LogP contribution in [0, 0.1) is 12.8 Å². The van der Waals surface area contributed by atoms with Gasteiger partial charge < -0.3 is 10.0 Å². The van der Waals surface area contributed by atoms with E-state index in [-0.39, 0.29) is 16.1 Å². The molecule has 1 aromatic heterocycles. The lowest BCUT2D eigenvalue weighted by Gasteiger charge is -2.39. The largest absolute Gasteiger partial charge is 0.478 e. The van der Waals surface area contributed by atoms with E-state index in [0.717, 1.165) is 38.2 Å². The van der Waals surface area contributed by atoms with Crippen LogP contribution in [0.2, 0.25) is 0 Å². The number of aryl methyl sites for hydroxylation is 1. The van der Waals surface area contributed by atoms with Gasteiger partial charge >= 0.3 is 5.97 Å². The lowest BCUT2D eigenvalue weighted by molar-refractivity contribution is 0.0699. The van der Waals surface area contributed by atoms with Gasteiger partial charge in [-0.15, -0.1) is 0 Å². The maximum Gasteiger partial charge on any atom is 0.336 e. The summed E-state index contributed by atoms with van der Waals surface area (Å²) in [5, 5.41) is 10.3. The molecular formula is C27H34N4O4S. The second-order valence-electron chi connectivity index (χ2n) is 9.99. The highest BCUT2D eigenvalue weighted by Gasteiger charge is 2.24. The van der Waals surface area contributed by atoms with Gasteiger partial charge in [-0.05, 0) is 62.6 Å². The number of nitrogens with zero attached hydrogens (tertiary/aromatic N) is 3. The fraction of sp³-hybridized carbons (Fsp3) is 0.407. The number of rotatable bonds is 8. The molecule has 8 nitrogen and oxygen atoms in total. The second-order valence-corrected chi connectivity index (χ2v) is 11.7. The van der Waals surface area contributed by atoms with Gasteiger partial charge in [0.15, 0.2) is 0 Å². The third-order valence-electron chi connectivity index (χ3n) is 6.68. The van der Waals surface area contributed by atoms with Crippen LogP contribution >= 0.6 is 0 Å². The van der Waals surface area contributed by atoms with E-state index in [1.54, 1.807) is 42.5 Å². The fourth-order valence-electron chi connectivity index (χ4n) is 4.77. The Bertz CT molecular complexity index is 1350. The van der Waals surface area contributed by atoms with E-state index < -0.39 is 16.0 Å². The van der Waals surface area contributed by atoms with Crippen LogP contribution in [-0.4, -0.2) is 61.6 Å². The minimum atomic E-state index is -3.81. The van der Waals surface area contributed by atoms with Crippen molar-refractivity contribution >= 4 is 38.4 Å². The van der Waals surface area contributed by atoms with E-state index in [4.69, 9.17) is 4.98 Å². The third-order valence-corrected chi connectivity index (χ3v) is 8.08. The van der Waals surface area contributed by atoms with Crippen LogP contribution in [0.25, 0.3) is 10.9 Å². The number of fused-ring (bicyclic) bond motifs is 1. The molecule has 2 N–H and O–H groups in total. The van der Waals surface area contributed by atoms with Crippen LogP contribution in [0.5, 0.6) is 0 Å². The van der Waals surface area contributed by atoms with Crippen LogP contribution < -0.4 is 9.62 Å². The van der Waals surface area contributed by atoms with Crippen molar-refractivity contribution in [2.75, 3.05) is 35.8 Å². The number of aromatic nitrogens is 1. The van der Waals surface area contributed by atoms with Crippen LogP contribution in [0.1, 0.15) is 43.1 Å². The number of hydrogen-bond donors (Lipinski definition) is 2.